The Labute approximate surface area is 181 Å². The van der Waals surface area contributed by atoms with Crippen LogP contribution in [0.25, 0.3) is 10.9 Å². The monoisotopic (exact) mass is 434 g/mol. The largest absolute Gasteiger partial charge is 0.492 e. The van der Waals surface area contributed by atoms with Gasteiger partial charge in [0.25, 0.3) is 0 Å². The fourth-order valence-electron chi connectivity index (χ4n) is 3.82. The van der Waals surface area contributed by atoms with Crippen molar-refractivity contribution in [2.24, 2.45) is 0 Å². The van der Waals surface area contributed by atoms with Crippen LogP contribution in [0.1, 0.15) is 19.8 Å². The summed E-state index contributed by atoms with van der Waals surface area (Å²) in [5.41, 5.74) is 0.699. The van der Waals surface area contributed by atoms with Crippen LogP contribution in [0.2, 0.25) is 5.15 Å². The van der Waals surface area contributed by atoms with E-state index in [0.717, 1.165) is 45.6 Å². The molecule has 0 aliphatic carbocycles. The molecule has 2 aliphatic heterocycles. The topological polar surface area (TPSA) is 77.0 Å². The van der Waals surface area contributed by atoms with Crippen LogP contribution in [0.5, 0.6) is 11.5 Å². The summed E-state index contributed by atoms with van der Waals surface area (Å²) in [4.78, 5) is 24.1. The molecule has 30 heavy (non-hydrogen) atoms. The summed E-state index contributed by atoms with van der Waals surface area (Å²) in [6.45, 7) is 7.61. The molecule has 3 heterocycles. The van der Waals surface area contributed by atoms with Gasteiger partial charge in [-0.1, -0.05) is 11.6 Å². The molecule has 8 nitrogen and oxygen atoms in total. The Hall–Kier alpha value is -2.16. The molecule has 162 valence electrons. The highest BCUT2D eigenvalue weighted by molar-refractivity contribution is 6.34. The summed E-state index contributed by atoms with van der Waals surface area (Å²) in [6.07, 6.45) is 3.20. The minimum atomic E-state index is 0.0750. The van der Waals surface area contributed by atoms with Crippen LogP contribution in [-0.4, -0.2) is 84.3 Å². The second-order valence-corrected chi connectivity index (χ2v) is 7.96. The molecule has 0 atom stereocenters. The van der Waals surface area contributed by atoms with Gasteiger partial charge < -0.3 is 19.1 Å². The number of carbonyl (C=O) groups excluding carboxylic acids is 1. The normalized spacial score (nSPS) is 18.5. The van der Waals surface area contributed by atoms with Gasteiger partial charge >= 0.3 is 0 Å². The molecule has 0 unspecified atom stereocenters. The van der Waals surface area contributed by atoms with Crippen molar-refractivity contribution in [3.63, 3.8) is 0 Å². The quantitative estimate of drug-likeness (QED) is 0.646. The highest BCUT2D eigenvalue weighted by atomic mass is 35.5. The number of ether oxygens (including phenoxy) is 3. The number of rotatable bonds is 6. The summed E-state index contributed by atoms with van der Waals surface area (Å²) in [5, 5.41) is 1.08. The third-order valence-corrected chi connectivity index (χ3v) is 5.87. The third kappa shape index (κ3) is 5.11. The van der Waals surface area contributed by atoms with Gasteiger partial charge in [-0.05, 0) is 0 Å². The van der Waals surface area contributed by atoms with Crippen LogP contribution < -0.4 is 9.47 Å². The van der Waals surface area contributed by atoms with Crippen molar-refractivity contribution in [2.45, 2.75) is 25.9 Å². The number of piperazine rings is 1. The van der Waals surface area contributed by atoms with E-state index in [2.05, 4.69) is 14.9 Å². The minimum Gasteiger partial charge on any atom is -0.492 e. The first-order chi connectivity index (χ1) is 14.6. The van der Waals surface area contributed by atoms with Gasteiger partial charge in [-0.15, -0.1) is 0 Å². The molecule has 4 rings (SSSR count). The SMILES string of the molecule is CC(=O)N1CCN(CCOc2cc(OC3CCOCC3)c3c(Cl)ncnc3c2)CC1. The van der Waals surface area contributed by atoms with Crippen LogP contribution in [0.15, 0.2) is 18.5 Å². The average Bonchev–Trinajstić information content (AvgIpc) is 2.75. The smallest absolute Gasteiger partial charge is 0.219 e. The second-order valence-electron chi connectivity index (χ2n) is 7.61. The van der Waals surface area contributed by atoms with E-state index in [9.17, 15) is 4.79 Å². The van der Waals surface area contributed by atoms with E-state index >= 15 is 0 Å². The highest BCUT2D eigenvalue weighted by Crippen LogP contribution is 2.35. The molecule has 1 aromatic carbocycles. The summed E-state index contributed by atoms with van der Waals surface area (Å²) in [5.74, 6) is 1.48. The predicted octanol–water partition coefficient (Wildman–Crippen LogP) is 2.38. The average molecular weight is 435 g/mol. The molecular formula is C21H27ClN4O4. The highest BCUT2D eigenvalue weighted by Gasteiger charge is 2.20. The van der Waals surface area contributed by atoms with Gasteiger partial charge in [-0.3, -0.25) is 9.69 Å². The number of hydrogen-bond acceptors (Lipinski definition) is 7. The molecule has 9 heteroatoms. The zero-order chi connectivity index (χ0) is 20.9. The Bertz CT molecular complexity index is 883. The van der Waals surface area contributed by atoms with Crippen molar-refractivity contribution < 1.29 is 19.0 Å². The van der Waals surface area contributed by atoms with E-state index in [1.807, 2.05) is 17.0 Å². The number of fused-ring (bicyclic) bond motifs is 1. The van der Waals surface area contributed by atoms with Gasteiger partial charge in [0, 0.05) is 64.6 Å². The van der Waals surface area contributed by atoms with E-state index in [4.69, 9.17) is 25.8 Å². The Kier molecular flexibility index (Phi) is 6.86. The zero-order valence-electron chi connectivity index (χ0n) is 17.2. The van der Waals surface area contributed by atoms with Gasteiger partial charge in [-0.2, -0.15) is 0 Å². The predicted molar refractivity (Wildman–Crippen MR) is 113 cm³/mol. The van der Waals surface area contributed by atoms with Crippen LogP contribution in [0.4, 0.5) is 0 Å². The maximum absolute atomic E-state index is 11.5. The zero-order valence-corrected chi connectivity index (χ0v) is 17.9. The molecule has 2 fully saturated rings. The molecule has 0 N–H and O–H groups in total. The van der Waals surface area contributed by atoms with Gasteiger partial charge in [0.2, 0.25) is 5.91 Å². The Morgan fingerprint density at radius 3 is 2.70 bits per heavy atom. The molecule has 2 saturated heterocycles. The molecule has 0 spiro atoms. The first-order valence-electron chi connectivity index (χ1n) is 10.4. The van der Waals surface area contributed by atoms with Crippen molar-refractivity contribution >= 4 is 28.4 Å². The number of hydrogen-bond donors (Lipinski definition) is 0. The van der Waals surface area contributed by atoms with Gasteiger partial charge in [0.15, 0.2) is 0 Å². The first kappa shape index (κ1) is 21.1. The molecular weight excluding hydrogens is 408 g/mol. The molecule has 2 aliphatic rings. The van der Waals surface area contributed by atoms with E-state index in [-0.39, 0.29) is 12.0 Å². The summed E-state index contributed by atoms with van der Waals surface area (Å²) in [7, 11) is 0. The lowest BCUT2D eigenvalue weighted by atomic mass is 10.1. The lowest BCUT2D eigenvalue weighted by molar-refractivity contribution is -0.130. The van der Waals surface area contributed by atoms with Crippen molar-refractivity contribution in [1.82, 2.24) is 19.8 Å². The van der Waals surface area contributed by atoms with Crippen LogP contribution in [0.3, 0.4) is 0 Å². The van der Waals surface area contributed by atoms with Gasteiger partial charge in [0.1, 0.15) is 35.7 Å². The number of halogens is 1. The van der Waals surface area contributed by atoms with E-state index < -0.39 is 0 Å². The van der Waals surface area contributed by atoms with Crippen LogP contribution in [0, 0.1) is 0 Å². The molecule has 0 radical (unpaired) electrons. The number of carbonyl (C=O) groups is 1. The van der Waals surface area contributed by atoms with Crippen molar-refractivity contribution in [3.05, 3.63) is 23.6 Å². The lowest BCUT2D eigenvalue weighted by Gasteiger charge is -2.34. The minimum absolute atomic E-state index is 0.0750. The summed E-state index contributed by atoms with van der Waals surface area (Å²) in [6, 6.07) is 3.74. The standard InChI is InChI=1S/C21H27ClN4O4/c1-15(27)26-6-4-25(5-7-26)8-11-29-17-12-18-20(21(22)24-14-23-18)19(13-17)30-16-2-9-28-10-3-16/h12-14,16H,2-11H2,1H3. The van der Waals surface area contributed by atoms with Gasteiger partial charge in [0.05, 0.1) is 24.1 Å². The molecule has 0 bridgehead atoms. The molecule has 1 amide bonds. The second kappa shape index (κ2) is 9.76. The molecule has 0 saturated carbocycles. The maximum atomic E-state index is 11.5. The van der Waals surface area contributed by atoms with E-state index in [0.29, 0.717) is 47.4 Å². The molecule has 1 aromatic heterocycles. The number of amides is 1. The van der Waals surface area contributed by atoms with Crippen LogP contribution >= 0.6 is 11.6 Å². The van der Waals surface area contributed by atoms with Gasteiger partial charge in [-0.25, -0.2) is 9.97 Å². The lowest BCUT2D eigenvalue weighted by Crippen LogP contribution is -2.48. The fourth-order valence-corrected chi connectivity index (χ4v) is 4.05. The summed E-state index contributed by atoms with van der Waals surface area (Å²) < 4.78 is 17.7. The summed E-state index contributed by atoms with van der Waals surface area (Å²) >= 11 is 6.34. The fraction of sp³-hybridized carbons (Fsp3) is 0.571. The molecule has 2 aromatic rings. The van der Waals surface area contributed by atoms with Crippen molar-refractivity contribution in [2.75, 3.05) is 52.5 Å². The number of aromatic nitrogens is 2. The van der Waals surface area contributed by atoms with E-state index in [1.165, 1.54) is 6.33 Å². The van der Waals surface area contributed by atoms with Crippen LogP contribution in [-0.2, 0) is 9.53 Å². The Morgan fingerprint density at radius 2 is 1.97 bits per heavy atom. The first-order valence-corrected chi connectivity index (χ1v) is 10.8. The number of nitrogens with zero attached hydrogens (tertiary/aromatic N) is 4. The Balaban J connectivity index is 1.42. The van der Waals surface area contributed by atoms with Crippen molar-refractivity contribution in [3.8, 4) is 11.5 Å². The Morgan fingerprint density at radius 1 is 1.20 bits per heavy atom. The van der Waals surface area contributed by atoms with E-state index in [1.54, 1.807) is 6.92 Å². The van der Waals surface area contributed by atoms with Crippen molar-refractivity contribution in [1.29, 1.82) is 0 Å². The maximum Gasteiger partial charge on any atom is 0.219 e. The third-order valence-electron chi connectivity index (χ3n) is 5.58. The number of benzene rings is 1.